The van der Waals surface area contributed by atoms with Gasteiger partial charge in [0.25, 0.3) is 0 Å². The van der Waals surface area contributed by atoms with Crippen molar-refractivity contribution in [2.45, 2.75) is 77.5 Å². The summed E-state index contributed by atoms with van der Waals surface area (Å²) in [6, 6.07) is 0.902. The molecule has 0 aromatic carbocycles. The van der Waals surface area contributed by atoms with E-state index >= 15 is 0 Å². The van der Waals surface area contributed by atoms with E-state index in [0.717, 1.165) is 45.3 Å². The Morgan fingerprint density at radius 1 is 1.41 bits per heavy atom. The molecule has 3 unspecified atom stereocenters. The number of likely N-dealkylation sites (tertiary alicyclic amines) is 1. The first kappa shape index (κ1) is 17.5. The molecule has 0 aromatic rings. The Bertz CT molecular complexity index is 394. The normalized spacial score (nSPS) is 33.0. The van der Waals surface area contributed by atoms with Gasteiger partial charge in [-0.1, -0.05) is 6.92 Å². The van der Waals surface area contributed by atoms with Gasteiger partial charge in [-0.3, -0.25) is 0 Å². The quantitative estimate of drug-likeness (QED) is 0.840. The number of ether oxygens (including phenoxy) is 1. The lowest BCUT2D eigenvalue weighted by molar-refractivity contribution is 0.00650. The number of hydrogen-bond donors (Lipinski definition) is 2. The first-order valence-electron chi connectivity index (χ1n) is 8.64. The van der Waals surface area contributed by atoms with Crippen LogP contribution in [0, 0.1) is 5.41 Å². The highest BCUT2D eigenvalue weighted by atomic mass is 16.6. The summed E-state index contributed by atoms with van der Waals surface area (Å²) in [5.41, 5.74) is 5.68. The van der Waals surface area contributed by atoms with E-state index in [1.165, 1.54) is 6.42 Å². The van der Waals surface area contributed by atoms with E-state index in [2.05, 4.69) is 12.2 Å². The van der Waals surface area contributed by atoms with Crippen LogP contribution in [0.15, 0.2) is 0 Å². The zero-order valence-corrected chi connectivity index (χ0v) is 14.7. The Balaban J connectivity index is 1.84. The fraction of sp³-hybridized carbons (Fsp3) is 0.941. The Morgan fingerprint density at radius 3 is 2.73 bits per heavy atom. The van der Waals surface area contributed by atoms with Crippen LogP contribution in [0.4, 0.5) is 4.79 Å². The lowest BCUT2D eigenvalue weighted by atomic mass is 9.81. The number of rotatable bonds is 3. The Morgan fingerprint density at radius 2 is 2.14 bits per heavy atom. The molecule has 0 bridgehead atoms. The van der Waals surface area contributed by atoms with Crippen LogP contribution in [0.2, 0.25) is 0 Å². The maximum Gasteiger partial charge on any atom is 0.410 e. The summed E-state index contributed by atoms with van der Waals surface area (Å²) in [5, 5.41) is 3.67. The number of nitrogens with one attached hydrogen (secondary N) is 1. The molecule has 1 saturated carbocycles. The monoisotopic (exact) mass is 311 g/mol. The fourth-order valence-corrected chi connectivity index (χ4v) is 3.53. The van der Waals surface area contributed by atoms with Crippen molar-refractivity contribution in [1.82, 2.24) is 10.2 Å². The van der Waals surface area contributed by atoms with Crippen LogP contribution >= 0.6 is 0 Å². The van der Waals surface area contributed by atoms with Crippen LogP contribution in [-0.2, 0) is 4.74 Å². The third kappa shape index (κ3) is 5.13. The Kier molecular flexibility index (Phi) is 5.38. The van der Waals surface area contributed by atoms with E-state index in [1.54, 1.807) is 0 Å². The second kappa shape index (κ2) is 6.75. The molecule has 2 fully saturated rings. The topological polar surface area (TPSA) is 67.6 Å². The fourth-order valence-electron chi connectivity index (χ4n) is 3.53. The Hall–Kier alpha value is -0.810. The number of nitrogens with two attached hydrogens (primary N) is 1. The van der Waals surface area contributed by atoms with Gasteiger partial charge in [-0.15, -0.1) is 0 Å². The molecule has 3 atom stereocenters. The maximum atomic E-state index is 12.3. The molecule has 2 aliphatic rings. The van der Waals surface area contributed by atoms with Gasteiger partial charge in [-0.05, 0) is 58.3 Å². The summed E-state index contributed by atoms with van der Waals surface area (Å²) >= 11 is 0. The number of carbonyl (C=O) groups is 1. The SMILES string of the molecule is CC1(CNC2CCC(N)C2)CCCN(C(=O)OC(C)(C)C)C1. The highest BCUT2D eigenvalue weighted by Gasteiger charge is 2.35. The van der Waals surface area contributed by atoms with Crippen LogP contribution in [0.3, 0.4) is 0 Å². The van der Waals surface area contributed by atoms with Gasteiger partial charge in [-0.25, -0.2) is 4.79 Å². The van der Waals surface area contributed by atoms with E-state index in [4.69, 9.17) is 10.5 Å². The van der Waals surface area contributed by atoms with Gasteiger partial charge in [0.05, 0.1) is 0 Å². The summed E-state index contributed by atoms with van der Waals surface area (Å²) in [4.78, 5) is 14.1. The Labute approximate surface area is 134 Å². The zero-order chi connectivity index (χ0) is 16.4. The molecule has 0 spiro atoms. The molecular weight excluding hydrogens is 278 g/mol. The second-order valence-electron chi connectivity index (χ2n) is 8.47. The molecule has 5 nitrogen and oxygen atoms in total. The van der Waals surface area contributed by atoms with Crippen molar-refractivity contribution < 1.29 is 9.53 Å². The summed E-state index contributed by atoms with van der Waals surface area (Å²) in [5.74, 6) is 0. The molecule has 2 rings (SSSR count). The van der Waals surface area contributed by atoms with Crippen molar-refractivity contribution in [3.8, 4) is 0 Å². The van der Waals surface area contributed by atoms with E-state index in [1.807, 2.05) is 25.7 Å². The standard InChI is InChI=1S/C17H33N3O2/c1-16(2,3)22-15(21)20-9-5-8-17(4,12-20)11-19-14-7-6-13(18)10-14/h13-14,19H,5-12,18H2,1-4H3. The van der Waals surface area contributed by atoms with Crippen LogP contribution in [0.5, 0.6) is 0 Å². The van der Waals surface area contributed by atoms with Crippen molar-refractivity contribution in [2.24, 2.45) is 11.1 Å². The number of nitrogens with zero attached hydrogens (tertiary/aromatic N) is 1. The van der Waals surface area contributed by atoms with Gasteiger partial charge >= 0.3 is 6.09 Å². The van der Waals surface area contributed by atoms with Crippen molar-refractivity contribution >= 4 is 6.09 Å². The minimum atomic E-state index is -0.427. The predicted molar refractivity (Wildman–Crippen MR) is 88.8 cm³/mol. The molecule has 1 amide bonds. The molecule has 1 aliphatic carbocycles. The molecule has 3 N–H and O–H groups in total. The first-order chi connectivity index (χ1) is 10.2. The largest absolute Gasteiger partial charge is 0.444 e. The number of piperidine rings is 1. The van der Waals surface area contributed by atoms with Crippen molar-refractivity contribution in [3.05, 3.63) is 0 Å². The second-order valence-corrected chi connectivity index (χ2v) is 8.47. The number of amides is 1. The maximum absolute atomic E-state index is 12.3. The molecule has 0 aromatic heterocycles. The molecule has 1 aliphatic heterocycles. The number of hydrogen-bond acceptors (Lipinski definition) is 4. The van der Waals surface area contributed by atoms with Crippen LogP contribution in [-0.4, -0.2) is 48.3 Å². The van der Waals surface area contributed by atoms with E-state index in [0.29, 0.717) is 12.1 Å². The van der Waals surface area contributed by atoms with E-state index < -0.39 is 5.60 Å². The predicted octanol–water partition coefficient (Wildman–Crippen LogP) is 2.49. The third-order valence-electron chi connectivity index (χ3n) is 4.72. The molecular formula is C17H33N3O2. The highest BCUT2D eigenvalue weighted by Crippen LogP contribution is 2.30. The van der Waals surface area contributed by atoms with E-state index in [9.17, 15) is 4.79 Å². The molecule has 22 heavy (non-hydrogen) atoms. The third-order valence-corrected chi connectivity index (χ3v) is 4.72. The highest BCUT2D eigenvalue weighted by molar-refractivity contribution is 5.68. The molecule has 1 saturated heterocycles. The van der Waals surface area contributed by atoms with Crippen LogP contribution in [0.1, 0.15) is 59.8 Å². The van der Waals surface area contributed by atoms with Crippen molar-refractivity contribution in [2.75, 3.05) is 19.6 Å². The first-order valence-corrected chi connectivity index (χ1v) is 8.64. The molecule has 128 valence electrons. The minimum absolute atomic E-state index is 0.127. The van der Waals surface area contributed by atoms with Crippen LogP contribution in [0.25, 0.3) is 0 Å². The van der Waals surface area contributed by atoms with Gasteiger partial charge in [0.1, 0.15) is 5.60 Å². The molecule has 5 heteroatoms. The van der Waals surface area contributed by atoms with Gasteiger partial charge in [0.15, 0.2) is 0 Å². The molecule has 1 heterocycles. The van der Waals surface area contributed by atoms with Crippen molar-refractivity contribution in [1.29, 1.82) is 0 Å². The van der Waals surface area contributed by atoms with Crippen molar-refractivity contribution in [3.63, 3.8) is 0 Å². The van der Waals surface area contributed by atoms with Crippen LogP contribution < -0.4 is 11.1 Å². The summed E-state index contributed by atoms with van der Waals surface area (Å²) in [6.07, 6.45) is 5.39. The summed E-state index contributed by atoms with van der Waals surface area (Å²) < 4.78 is 5.51. The average molecular weight is 311 g/mol. The smallest absolute Gasteiger partial charge is 0.410 e. The molecule has 0 radical (unpaired) electrons. The van der Waals surface area contributed by atoms with E-state index in [-0.39, 0.29) is 11.5 Å². The van der Waals surface area contributed by atoms with Gasteiger partial charge in [-0.2, -0.15) is 0 Å². The zero-order valence-electron chi connectivity index (χ0n) is 14.7. The minimum Gasteiger partial charge on any atom is -0.444 e. The average Bonchev–Trinajstić information content (AvgIpc) is 2.81. The summed E-state index contributed by atoms with van der Waals surface area (Å²) in [7, 11) is 0. The van der Waals surface area contributed by atoms with Gasteiger partial charge < -0.3 is 20.7 Å². The summed E-state index contributed by atoms with van der Waals surface area (Å²) in [6.45, 7) is 10.5. The van der Waals surface area contributed by atoms with Gasteiger partial charge in [0.2, 0.25) is 0 Å². The van der Waals surface area contributed by atoms with Gasteiger partial charge in [0, 0.05) is 31.7 Å². The number of carbonyl (C=O) groups excluding carboxylic acids is 1. The lowest BCUT2D eigenvalue weighted by Gasteiger charge is -2.41. The lowest BCUT2D eigenvalue weighted by Crippen LogP contribution is -2.51.